The second kappa shape index (κ2) is 8.53. The summed E-state index contributed by atoms with van der Waals surface area (Å²) in [4.78, 5) is 23.1. The number of likely N-dealkylation sites (N-methyl/N-ethyl adjacent to an activating group) is 1. The second-order valence-corrected chi connectivity index (χ2v) is 8.02. The summed E-state index contributed by atoms with van der Waals surface area (Å²) in [6.07, 6.45) is 1.76. The molecule has 0 aliphatic carbocycles. The Morgan fingerprint density at radius 2 is 1.96 bits per heavy atom. The van der Waals surface area contributed by atoms with Gasteiger partial charge in [-0.1, -0.05) is 13.3 Å². The molecule has 0 fully saturated rings. The molecule has 27 heavy (non-hydrogen) atoms. The molecule has 0 atom stereocenters. The Balaban J connectivity index is 2.55. The van der Waals surface area contributed by atoms with Crippen molar-refractivity contribution in [2.24, 2.45) is 0 Å². The number of hydrogen-bond donors (Lipinski definition) is 0. The zero-order valence-corrected chi connectivity index (χ0v) is 16.6. The highest BCUT2D eigenvalue weighted by Gasteiger charge is 2.28. The number of ether oxygens (including phenoxy) is 2. The summed E-state index contributed by atoms with van der Waals surface area (Å²) in [6, 6.07) is 4.25. The number of nitrogens with zero attached hydrogens (tertiary/aromatic N) is 1. The number of unbranched alkanes of at least 4 members (excludes halogenated alkanes) is 1. The minimum Gasteiger partial charge on any atom is -0.490 e. The molecule has 8 nitrogen and oxygen atoms in total. The van der Waals surface area contributed by atoms with Crippen LogP contribution in [-0.2, 0) is 19.6 Å². The molecule has 0 radical (unpaired) electrons. The number of carbonyl (C=O) groups excluding carboxylic acids is 2. The summed E-state index contributed by atoms with van der Waals surface area (Å²) < 4.78 is 42.4. The quantitative estimate of drug-likeness (QED) is 0.364. The number of carbonyl (C=O) groups is 2. The summed E-state index contributed by atoms with van der Waals surface area (Å²) in [7, 11) is -1.57. The first kappa shape index (κ1) is 20.9. The maximum Gasteiger partial charge on any atom is 0.321 e. The Bertz CT molecular complexity index is 946. The molecular weight excluding hydrogens is 374 g/mol. The SMILES string of the molecule is CCCCOc1ccc(S(=O)(=O)N(C)CC(=O)OC)c2cc(C(C)=O)oc12. The van der Waals surface area contributed by atoms with Gasteiger partial charge in [0, 0.05) is 19.4 Å². The van der Waals surface area contributed by atoms with Gasteiger partial charge in [-0.05, 0) is 24.6 Å². The first-order valence-corrected chi connectivity index (χ1v) is 9.89. The largest absolute Gasteiger partial charge is 0.490 e. The number of benzene rings is 1. The van der Waals surface area contributed by atoms with Gasteiger partial charge in [0.15, 0.2) is 22.9 Å². The standard InChI is InChI=1S/C18H23NO7S/c1-5-6-9-25-14-7-8-16(13-10-15(12(2)20)26-18(13)14)27(22,23)19(3)11-17(21)24-4/h7-8,10H,5-6,9,11H2,1-4H3. The van der Waals surface area contributed by atoms with Gasteiger partial charge in [0.2, 0.25) is 10.0 Å². The van der Waals surface area contributed by atoms with Gasteiger partial charge in [-0.15, -0.1) is 0 Å². The third-order valence-corrected chi connectivity index (χ3v) is 5.84. The molecule has 1 aromatic carbocycles. The van der Waals surface area contributed by atoms with Crippen molar-refractivity contribution >= 4 is 32.7 Å². The monoisotopic (exact) mass is 397 g/mol. The maximum absolute atomic E-state index is 12.9. The van der Waals surface area contributed by atoms with E-state index in [0.29, 0.717) is 12.4 Å². The number of fused-ring (bicyclic) bond motifs is 1. The van der Waals surface area contributed by atoms with Crippen LogP contribution >= 0.6 is 0 Å². The fraction of sp³-hybridized carbons (Fsp3) is 0.444. The Morgan fingerprint density at radius 1 is 1.26 bits per heavy atom. The van der Waals surface area contributed by atoms with Crippen molar-refractivity contribution in [1.82, 2.24) is 4.31 Å². The zero-order valence-electron chi connectivity index (χ0n) is 15.8. The lowest BCUT2D eigenvalue weighted by Gasteiger charge is -2.17. The molecule has 0 saturated heterocycles. The van der Waals surface area contributed by atoms with Gasteiger partial charge < -0.3 is 13.9 Å². The number of rotatable bonds is 9. The number of furan rings is 1. The number of esters is 1. The average Bonchev–Trinajstić information content (AvgIpc) is 3.07. The van der Waals surface area contributed by atoms with E-state index < -0.39 is 22.5 Å². The van der Waals surface area contributed by atoms with Crippen LogP contribution in [0.1, 0.15) is 37.2 Å². The molecule has 0 N–H and O–H groups in total. The number of sulfonamides is 1. The van der Waals surface area contributed by atoms with Gasteiger partial charge in [0.1, 0.15) is 6.54 Å². The summed E-state index contributed by atoms with van der Waals surface area (Å²) in [6.45, 7) is 3.35. The highest BCUT2D eigenvalue weighted by atomic mass is 32.2. The molecule has 2 aromatic rings. The Kier molecular flexibility index (Phi) is 6.61. The third kappa shape index (κ3) is 4.48. The molecule has 1 aromatic heterocycles. The Hall–Kier alpha value is -2.39. The molecule has 0 spiro atoms. The predicted molar refractivity (Wildman–Crippen MR) is 98.5 cm³/mol. The molecule has 0 aliphatic heterocycles. The van der Waals surface area contributed by atoms with Crippen LogP contribution in [0.3, 0.4) is 0 Å². The van der Waals surface area contributed by atoms with Crippen LogP contribution in [0.25, 0.3) is 11.0 Å². The molecule has 9 heteroatoms. The van der Waals surface area contributed by atoms with E-state index in [1.165, 1.54) is 39.3 Å². The molecule has 0 amide bonds. The van der Waals surface area contributed by atoms with Gasteiger partial charge in [-0.25, -0.2) is 8.42 Å². The van der Waals surface area contributed by atoms with Crippen molar-refractivity contribution in [1.29, 1.82) is 0 Å². The van der Waals surface area contributed by atoms with Crippen molar-refractivity contribution < 1.29 is 31.9 Å². The van der Waals surface area contributed by atoms with Crippen LogP contribution in [0.15, 0.2) is 27.5 Å². The number of Topliss-reactive ketones (excluding diaryl/α,β-unsaturated/α-hetero) is 1. The predicted octanol–water partition coefficient (Wildman–Crippen LogP) is 2.61. The highest BCUT2D eigenvalue weighted by molar-refractivity contribution is 7.89. The zero-order chi connectivity index (χ0) is 20.2. The van der Waals surface area contributed by atoms with Crippen LogP contribution in [0, 0.1) is 0 Å². The van der Waals surface area contributed by atoms with E-state index in [1.54, 1.807) is 0 Å². The minimum atomic E-state index is -4.02. The molecule has 148 valence electrons. The lowest BCUT2D eigenvalue weighted by molar-refractivity contribution is -0.140. The van der Waals surface area contributed by atoms with Crippen LogP contribution in [-0.4, -0.2) is 51.8 Å². The molecule has 1 heterocycles. The molecule has 2 rings (SSSR count). The first-order valence-electron chi connectivity index (χ1n) is 8.45. The highest BCUT2D eigenvalue weighted by Crippen LogP contribution is 2.35. The van der Waals surface area contributed by atoms with Crippen molar-refractivity contribution in [3.05, 3.63) is 24.0 Å². The third-order valence-electron chi connectivity index (χ3n) is 3.98. The molecule has 0 unspecified atom stereocenters. The average molecular weight is 397 g/mol. The number of ketones is 1. The summed E-state index contributed by atoms with van der Waals surface area (Å²) >= 11 is 0. The van der Waals surface area contributed by atoms with Crippen molar-refractivity contribution in [3.63, 3.8) is 0 Å². The van der Waals surface area contributed by atoms with Gasteiger partial charge in [0.05, 0.1) is 18.6 Å². The topological polar surface area (TPSA) is 103 Å². The van der Waals surface area contributed by atoms with E-state index >= 15 is 0 Å². The van der Waals surface area contributed by atoms with Crippen LogP contribution in [0.2, 0.25) is 0 Å². The molecule has 0 bridgehead atoms. The van der Waals surface area contributed by atoms with Crippen LogP contribution in [0.4, 0.5) is 0 Å². The van der Waals surface area contributed by atoms with Gasteiger partial charge in [0.25, 0.3) is 0 Å². The van der Waals surface area contributed by atoms with E-state index in [2.05, 4.69) is 4.74 Å². The Labute approximate surface area is 158 Å². The normalized spacial score (nSPS) is 11.7. The molecular formula is C18H23NO7S. The fourth-order valence-electron chi connectivity index (χ4n) is 2.41. The van der Waals surface area contributed by atoms with Crippen LogP contribution < -0.4 is 4.74 Å². The summed E-state index contributed by atoms with van der Waals surface area (Å²) in [5, 5.41) is 0.228. The van der Waals surface area contributed by atoms with Crippen molar-refractivity contribution in [2.75, 3.05) is 27.3 Å². The van der Waals surface area contributed by atoms with Crippen LogP contribution in [0.5, 0.6) is 5.75 Å². The van der Waals surface area contributed by atoms with Gasteiger partial charge >= 0.3 is 5.97 Å². The second-order valence-electron chi connectivity index (χ2n) is 6.01. The lowest BCUT2D eigenvalue weighted by Crippen LogP contribution is -2.32. The fourth-order valence-corrected chi connectivity index (χ4v) is 3.69. The van der Waals surface area contributed by atoms with E-state index in [4.69, 9.17) is 9.15 Å². The van der Waals surface area contributed by atoms with E-state index in [0.717, 1.165) is 17.1 Å². The maximum atomic E-state index is 12.9. The van der Waals surface area contributed by atoms with Gasteiger partial charge in [-0.3, -0.25) is 9.59 Å². The lowest BCUT2D eigenvalue weighted by atomic mass is 10.2. The van der Waals surface area contributed by atoms with E-state index in [-0.39, 0.29) is 27.4 Å². The molecule has 0 saturated carbocycles. The van der Waals surface area contributed by atoms with E-state index in [9.17, 15) is 18.0 Å². The first-order chi connectivity index (χ1) is 12.7. The summed E-state index contributed by atoms with van der Waals surface area (Å²) in [5.74, 6) is -0.630. The minimum absolute atomic E-state index is 0.0311. The Morgan fingerprint density at radius 3 is 2.56 bits per heavy atom. The number of hydrogen-bond acceptors (Lipinski definition) is 7. The van der Waals surface area contributed by atoms with Crippen molar-refractivity contribution in [3.8, 4) is 5.75 Å². The van der Waals surface area contributed by atoms with E-state index in [1.807, 2.05) is 6.92 Å². The number of methoxy groups -OCH3 is 1. The summed E-state index contributed by atoms with van der Waals surface area (Å²) in [5.41, 5.74) is 0.184. The van der Waals surface area contributed by atoms with Crippen molar-refractivity contribution in [2.45, 2.75) is 31.6 Å². The smallest absolute Gasteiger partial charge is 0.321 e. The molecule has 0 aliphatic rings. The van der Waals surface area contributed by atoms with Gasteiger partial charge in [-0.2, -0.15) is 4.31 Å².